The number of fused-ring (bicyclic) bond motifs is 2. The Kier molecular flexibility index (Phi) is 3.97. The third kappa shape index (κ3) is 2.61. The summed E-state index contributed by atoms with van der Waals surface area (Å²) < 4.78 is 9.68. The zero-order chi connectivity index (χ0) is 17.5. The number of hydrogen-bond donors (Lipinski definition) is 1. The monoisotopic (exact) mass is 333 g/mol. The minimum absolute atomic E-state index is 0.0195. The van der Waals surface area contributed by atoms with Crippen LogP contribution in [0.25, 0.3) is 0 Å². The molecule has 1 heterocycles. The topological polar surface area (TPSA) is 93.8 Å². The van der Waals surface area contributed by atoms with Crippen molar-refractivity contribution in [3.8, 4) is 0 Å². The minimum atomic E-state index is -0.716. The fourth-order valence-electron chi connectivity index (χ4n) is 3.92. The Morgan fingerprint density at radius 1 is 1.46 bits per heavy atom. The summed E-state index contributed by atoms with van der Waals surface area (Å²) in [6.07, 6.45) is 3.23. The smallest absolute Gasteiger partial charge is 0.377 e. The Morgan fingerprint density at radius 3 is 2.75 bits per heavy atom. The number of nitrogens with one attached hydrogen (secondary N) is 1. The summed E-state index contributed by atoms with van der Waals surface area (Å²) in [6.45, 7) is 8.06. The molecule has 1 amide bonds. The lowest BCUT2D eigenvalue weighted by atomic mass is 9.70. The molecule has 1 aromatic rings. The summed E-state index contributed by atoms with van der Waals surface area (Å²) in [7, 11) is 0. The first-order chi connectivity index (χ1) is 11.2. The van der Waals surface area contributed by atoms with Crippen LogP contribution in [0, 0.1) is 23.7 Å². The number of carbonyl (C=O) groups excluding carboxylic acids is 2. The number of esters is 1. The van der Waals surface area contributed by atoms with Gasteiger partial charge in [0, 0.05) is 17.2 Å². The van der Waals surface area contributed by atoms with E-state index in [9.17, 15) is 9.59 Å². The van der Waals surface area contributed by atoms with Gasteiger partial charge in [-0.25, -0.2) is 10.2 Å². The molecule has 2 bridgehead atoms. The molecule has 0 radical (unpaired) electrons. The molecular formula is C17H23N3O4. The van der Waals surface area contributed by atoms with E-state index >= 15 is 0 Å². The van der Waals surface area contributed by atoms with Crippen LogP contribution >= 0.6 is 0 Å². The number of aryl methyl sites for hydroxylation is 1. The van der Waals surface area contributed by atoms with Gasteiger partial charge in [0.2, 0.25) is 5.76 Å². The van der Waals surface area contributed by atoms with Gasteiger partial charge in [-0.15, -0.1) is 0 Å². The molecule has 1 N–H and O–H groups in total. The summed E-state index contributed by atoms with van der Waals surface area (Å²) >= 11 is 0. The van der Waals surface area contributed by atoms with Crippen LogP contribution in [-0.2, 0) is 9.53 Å². The van der Waals surface area contributed by atoms with Crippen LogP contribution in [0.15, 0.2) is 15.7 Å². The second kappa shape index (κ2) is 5.72. The average molecular weight is 333 g/mol. The van der Waals surface area contributed by atoms with E-state index in [0.29, 0.717) is 11.6 Å². The molecule has 7 nitrogen and oxygen atoms in total. The number of nitrogens with zero attached hydrogens (tertiary/aromatic N) is 2. The van der Waals surface area contributed by atoms with Gasteiger partial charge in [-0.1, -0.05) is 25.9 Å². The van der Waals surface area contributed by atoms with Crippen LogP contribution in [-0.4, -0.2) is 29.4 Å². The van der Waals surface area contributed by atoms with E-state index in [2.05, 4.69) is 36.5 Å². The lowest BCUT2D eigenvalue weighted by Gasteiger charge is -2.34. The van der Waals surface area contributed by atoms with Crippen molar-refractivity contribution in [3.63, 3.8) is 0 Å². The summed E-state index contributed by atoms with van der Waals surface area (Å²) in [5.41, 5.74) is 4.35. The van der Waals surface area contributed by atoms with Crippen molar-refractivity contribution in [1.82, 2.24) is 10.6 Å². The molecule has 2 saturated carbocycles. The van der Waals surface area contributed by atoms with Crippen LogP contribution in [0.3, 0.4) is 0 Å². The summed E-state index contributed by atoms with van der Waals surface area (Å²) in [6, 6.07) is 1.46. The maximum atomic E-state index is 11.9. The molecule has 0 unspecified atom stereocenters. The predicted octanol–water partition coefficient (Wildman–Crippen LogP) is 2.46. The molecule has 2 fully saturated rings. The fourth-order valence-corrected chi connectivity index (χ4v) is 3.92. The van der Waals surface area contributed by atoms with Gasteiger partial charge in [-0.05, 0) is 37.5 Å². The standard InChI is InChI=1S/C17H23N3O4/c1-10-7-12(24-20-10)15(22)23-9-14(21)19-18-13-8-11-5-6-17(13,4)16(11,2)3/h7,11H,5-6,8-9H2,1-4H3,(H,19,21)/t11-,17-/m1/s1. The third-order valence-electron chi connectivity index (χ3n) is 5.99. The van der Waals surface area contributed by atoms with Gasteiger partial charge in [0.05, 0.1) is 5.69 Å². The van der Waals surface area contributed by atoms with E-state index in [4.69, 9.17) is 9.26 Å². The molecule has 0 spiro atoms. The van der Waals surface area contributed by atoms with Crippen molar-refractivity contribution >= 4 is 17.6 Å². The van der Waals surface area contributed by atoms with E-state index in [1.807, 2.05) is 0 Å². The first-order valence-corrected chi connectivity index (χ1v) is 8.20. The van der Waals surface area contributed by atoms with Crippen molar-refractivity contribution in [2.75, 3.05) is 6.61 Å². The molecule has 130 valence electrons. The Bertz CT molecular complexity index is 706. The van der Waals surface area contributed by atoms with Gasteiger partial charge < -0.3 is 9.26 Å². The van der Waals surface area contributed by atoms with E-state index in [1.54, 1.807) is 6.92 Å². The number of amides is 1. The Balaban J connectivity index is 1.54. The molecule has 7 heteroatoms. The second-order valence-electron chi connectivity index (χ2n) is 7.50. The maximum Gasteiger partial charge on any atom is 0.377 e. The van der Waals surface area contributed by atoms with Crippen LogP contribution in [0.2, 0.25) is 0 Å². The first kappa shape index (κ1) is 16.7. The lowest BCUT2D eigenvalue weighted by Crippen LogP contribution is -2.34. The van der Waals surface area contributed by atoms with Crippen LogP contribution < -0.4 is 5.43 Å². The van der Waals surface area contributed by atoms with Crippen LogP contribution in [0.4, 0.5) is 0 Å². The van der Waals surface area contributed by atoms with E-state index in [1.165, 1.54) is 12.5 Å². The highest BCUT2D eigenvalue weighted by atomic mass is 16.6. The van der Waals surface area contributed by atoms with E-state index in [0.717, 1.165) is 18.6 Å². The second-order valence-corrected chi connectivity index (χ2v) is 7.50. The minimum Gasteiger partial charge on any atom is -0.450 e. The highest BCUT2D eigenvalue weighted by Crippen LogP contribution is 2.63. The molecule has 24 heavy (non-hydrogen) atoms. The summed E-state index contributed by atoms with van der Waals surface area (Å²) in [5, 5.41) is 7.92. The van der Waals surface area contributed by atoms with Crippen molar-refractivity contribution in [2.24, 2.45) is 21.8 Å². The lowest BCUT2D eigenvalue weighted by molar-refractivity contribution is -0.124. The van der Waals surface area contributed by atoms with Crippen molar-refractivity contribution in [2.45, 2.75) is 47.0 Å². The average Bonchev–Trinajstić information content (AvgIpc) is 3.11. The maximum absolute atomic E-state index is 11.9. The largest absolute Gasteiger partial charge is 0.450 e. The Morgan fingerprint density at radius 2 is 2.21 bits per heavy atom. The number of ether oxygens (including phenoxy) is 1. The summed E-state index contributed by atoms with van der Waals surface area (Å²) in [5.74, 6) is -0.581. The van der Waals surface area contributed by atoms with E-state index < -0.39 is 18.5 Å². The van der Waals surface area contributed by atoms with Crippen LogP contribution in [0.5, 0.6) is 0 Å². The van der Waals surface area contributed by atoms with E-state index in [-0.39, 0.29) is 16.6 Å². The number of carbonyl (C=O) groups is 2. The molecule has 2 atom stereocenters. The zero-order valence-electron chi connectivity index (χ0n) is 14.5. The predicted molar refractivity (Wildman–Crippen MR) is 86.3 cm³/mol. The normalized spacial score (nSPS) is 29.0. The van der Waals surface area contributed by atoms with Gasteiger partial charge >= 0.3 is 5.97 Å². The Hall–Kier alpha value is -2.18. The Labute approximate surface area is 140 Å². The van der Waals surface area contributed by atoms with Crippen molar-refractivity contribution < 1.29 is 18.8 Å². The highest BCUT2D eigenvalue weighted by Gasteiger charge is 2.60. The molecular weight excluding hydrogens is 310 g/mol. The molecule has 2 aliphatic rings. The highest BCUT2D eigenvalue weighted by molar-refractivity contribution is 5.95. The summed E-state index contributed by atoms with van der Waals surface area (Å²) in [4.78, 5) is 23.6. The fraction of sp³-hybridized carbons (Fsp3) is 0.647. The van der Waals surface area contributed by atoms with Gasteiger partial charge in [0.1, 0.15) is 0 Å². The molecule has 2 aliphatic carbocycles. The number of hydrogen-bond acceptors (Lipinski definition) is 6. The quantitative estimate of drug-likeness (QED) is 0.675. The third-order valence-corrected chi connectivity index (χ3v) is 5.99. The SMILES string of the molecule is Cc1cc(C(=O)OCC(=O)NN=C2C[C@H]3CC[C@@]2(C)C3(C)C)on1. The first-order valence-electron chi connectivity index (χ1n) is 8.20. The van der Waals surface area contributed by atoms with Crippen LogP contribution in [0.1, 0.15) is 56.3 Å². The van der Waals surface area contributed by atoms with Crippen molar-refractivity contribution in [3.05, 3.63) is 17.5 Å². The number of rotatable bonds is 4. The van der Waals surface area contributed by atoms with Gasteiger partial charge in [-0.3, -0.25) is 4.79 Å². The molecule has 3 rings (SSSR count). The van der Waals surface area contributed by atoms with Gasteiger partial charge in [-0.2, -0.15) is 5.10 Å². The molecule has 0 saturated heterocycles. The van der Waals surface area contributed by atoms with Gasteiger partial charge in [0.15, 0.2) is 6.61 Å². The van der Waals surface area contributed by atoms with Crippen molar-refractivity contribution in [1.29, 1.82) is 0 Å². The number of hydrazone groups is 1. The molecule has 1 aromatic heterocycles. The molecule has 0 aromatic carbocycles. The molecule has 0 aliphatic heterocycles. The zero-order valence-corrected chi connectivity index (χ0v) is 14.5. The van der Waals surface area contributed by atoms with Gasteiger partial charge in [0.25, 0.3) is 5.91 Å². The number of aromatic nitrogens is 1.